The average molecular weight is 481 g/mol. The van der Waals surface area contributed by atoms with Crippen LogP contribution in [-0.4, -0.2) is 53.7 Å². The van der Waals surface area contributed by atoms with Crippen molar-refractivity contribution in [2.24, 2.45) is 5.16 Å². The number of hydrogen-bond donors (Lipinski definition) is 0. The number of carbonyl (C=O) groups excluding carboxylic acids is 1. The molecular formula is C21H20BrClFN3O2. The highest BCUT2D eigenvalue weighted by atomic mass is 79.9. The third kappa shape index (κ3) is 4.63. The fraction of sp³-hybridized carbons (Fsp3) is 0.333. The highest BCUT2D eigenvalue weighted by Crippen LogP contribution is 2.23. The summed E-state index contributed by atoms with van der Waals surface area (Å²) in [5.41, 5.74) is 2.22. The van der Waals surface area contributed by atoms with Crippen LogP contribution in [0.25, 0.3) is 0 Å². The minimum atomic E-state index is -0.587. The first-order valence-corrected chi connectivity index (χ1v) is 10.6. The first kappa shape index (κ1) is 20.3. The van der Waals surface area contributed by atoms with Crippen LogP contribution in [-0.2, 0) is 16.2 Å². The molecule has 1 amide bonds. The lowest BCUT2D eigenvalue weighted by Gasteiger charge is -2.35. The maximum absolute atomic E-state index is 14.0. The Balaban J connectivity index is 1.31. The molecule has 0 spiro atoms. The predicted octanol–water partition coefficient (Wildman–Crippen LogP) is 4.08. The van der Waals surface area contributed by atoms with Gasteiger partial charge in [-0.25, -0.2) is 4.39 Å². The third-order valence-electron chi connectivity index (χ3n) is 5.23. The number of piperazine rings is 1. The number of oxime groups is 1. The quantitative estimate of drug-likeness (QED) is 0.662. The summed E-state index contributed by atoms with van der Waals surface area (Å²) in [6, 6.07) is 12.5. The van der Waals surface area contributed by atoms with Gasteiger partial charge in [-0.2, -0.15) is 0 Å². The molecule has 8 heteroatoms. The van der Waals surface area contributed by atoms with Crippen LogP contribution < -0.4 is 0 Å². The summed E-state index contributed by atoms with van der Waals surface area (Å²) in [5.74, 6) is -0.352. The molecule has 2 aliphatic heterocycles. The van der Waals surface area contributed by atoms with Crippen LogP contribution in [0.15, 0.2) is 52.1 Å². The molecule has 2 aliphatic rings. The Kier molecular flexibility index (Phi) is 6.18. The second-order valence-corrected chi connectivity index (χ2v) is 8.47. The molecule has 0 aromatic heterocycles. The largest absolute Gasteiger partial charge is 0.382 e. The fourth-order valence-corrected chi connectivity index (χ4v) is 4.21. The molecule has 5 nitrogen and oxygen atoms in total. The minimum Gasteiger partial charge on any atom is -0.382 e. The zero-order valence-corrected chi connectivity index (χ0v) is 18.0. The van der Waals surface area contributed by atoms with Crippen LogP contribution in [0.4, 0.5) is 4.39 Å². The summed E-state index contributed by atoms with van der Waals surface area (Å²) in [6.07, 6.45) is -0.128. The third-order valence-corrected chi connectivity index (χ3v) is 6.08. The maximum Gasteiger partial charge on any atom is 0.266 e. The number of halogens is 3. The van der Waals surface area contributed by atoms with Gasteiger partial charge in [0.25, 0.3) is 5.91 Å². The molecule has 0 radical (unpaired) electrons. The zero-order valence-electron chi connectivity index (χ0n) is 15.7. The molecule has 0 bridgehead atoms. The molecule has 29 heavy (non-hydrogen) atoms. The Hall–Kier alpha value is -1.96. The van der Waals surface area contributed by atoms with Gasteiger partial charge in [-0.3, -0.25) is 9.69 Å². The Morgan fingerprint density at radius 2 is 1.97 bits per heavy atom. The lowest BCUT2D eigenvalue weighted by Crippen LogP contribution is -2.51. The summed E-state index contributed by atoms with van der Waals surface area (Å²) in [4.78, 5) is 22.2. The van der Waals surface area contributed by atoms with Crippen molar-refractivity contribution < 1.29 is 14.0 Å². The van der Waals surface area contributed by atoms with Crippen molar-refractivity contribution in [1.29, 1.82) is 0 Å². The predicted molar refractivity (Wildman–Crippen MR) is 113 cm³/mol. The van der Waals surface area contributed by atoms with E-state index < -0.39 is 6.10 Å². The average Bonchev–Trinajstić information content (AvgIpc) is 3.21. The van der Waals surface area contributed by atoms with E-state index in [1.165, 1.54) is 6.07 Å². The summed E-state index contributed by atoms with van der Waals surface area (Å²) in [5, 5.41) is 4.55. The molecule has 0 saturated carbocycles. The van der Waals surface area contributed by atoms with E-state index in [2.05, 4.69) is 26.0 Å². The van der Waals surface area contributed by atoms with Crippen molar-refractivity contribution in [2.45, 2.75) is 19.1 Å². The van der Waals surface area contributed by atoms with Crippen molar-refractivity contribution in [3.05, 3.63) is 68.9 Å². The van der Waals surface area contributed by atoms with Gasteiger partial charge in [0.2, 0.25) is 6.10 Å². The van der Waals surface area contributed by atoms with E-state index in [1.54, 1.807) is 17.0 Å². The highest BCUT2D eigenvalue weighted by molar-refractivity contribution is 9.10. The molecular weight excluding hydrogens is 461 g/mol. The second-order valence-electron chi connectivity index (χ2n) is 7.15. The van der Waals surface area contributed by atoms with Gasteiger partial charge in [0, 0.05) is 59.8 Å². The molecule has 2 heterocycles. The van der Waals surface area contributed by atoms with Crippen LogP contribution in [0.5, 0.6) is 0 Å². The van der Waals surface area contributed by atoms with E-state index in [0.29, 0.717) is 49.7 Å². The van der Waals surface area contributed by atoms with Crippen molar-refractivity contribution in [3.63, 3.8) is 0 Å². The summed E-state index contributed by atoms with van der Waals surface area (Å²) >= 11 is 9.57. The number of nitrogens with zero attached hydrogens (tertiary/aromatic N) is 3. The Morgan fingerprint density at radius 3 is 2.69 bits per heavy atom. The van der Waals surface area contributed by atoms with Crippen molar-refractivity contribution >= 4 is 39.1 Å². The molecule has 152 valence electrons. The molecule has 1 unspecified atom stereocenters. The monoisotopic (exact) mass is 479 g/mol. The van der Waals surface area contributed by atoms with Gasteiger partial charge in [-0.05, 0) is 24.3 Å². The van der Waals surface area contributed by atoms with Crippen LogP contribution in [0.3, 0.4) is 0 Å². The molecule has 1 atom stereocenters. The van der Waals surface area contributed by atoms with Crippen molar-refractivity contribution in [3.8, 4) is 0 Å². The van der Waals surface area contributed by atoms with Crippen LogP contribution in [0.2, 0.25) is 5.02 Å². The molecule has 1 saturated heterocycles. The van der Waals surface area contributed by atoms with Gasteiger partial charge >= 0.3 is 0 Å². The van der Waals surface area contributed by atoms with Gasteiger partial charge in [0.1, 0.15) is 5.82 Å². The highest BCUT2D eigenvalue weighted by Gasteiger charge is 2.34. The lowest BCUT2D eigenvalue weighted by molar-refractivity contribution is -0.143. The van der Waals surface area contributed by atoms with E-state index in [-0.39, 0.29) is 11.7 Å². The van der Waals surface area contributed by atoms with E-state index >= 15 is 0 Å². The first-order valence-electron chi connectivity index (χ1n) is 9.44. The smallest absolute Gasteiger partial charge is 0.266 e. The van der Waals surface area contributed by atoms with Crippen molar-refractivity contribution in [2.75, 3.05) is 26.2 Å². The Labute approximate surface area is 182 Å². The van der Waals surface area contributed by atoms with Gasteiger partial charge < -0.3 is 9.74 Å². The number of benzene rings is 2. The minimum absolute atomic E-state index is 0.0534. The molecule has 2 aromatic rings. The molecule has 0 aliphatic carbocycles. The second kappa shape index (κ2) is 8.81. The molecule has 0 N–H and O–H groups in total. The number of hydrogen-bond acceptors (Lipinski definition) is 4. The lowest BCUT2D eigenvalue weighted by atomic mass is 10.0. The molecule has 4 rings (SSSR count). The normalized spacial score (nSPS) is 19.8. The number of carbonyl (C=O) groups is 1. The van der Waals surface area contributed by atoms with E-state index in [9.17, 15) is 9.18 Å². The topological polar surface area (TPSA) is 45.1 Å². The van der Waals surface area contributed by atoms with E-state index in [4.69, 9.17) is 16.4 Å². The van der Waals surface area contributed by atoms with Gasteiger partial charge in [-0.15, -0.1) is 0 Å². The SMILES string of the molecule is O=C(C1CC(c2cccc(Br)c2)=NO1)N1CCN(Cc2c(F)cccc2Cl)CC1. The van der Waals surface area contributed by atoms with Crippen LogP contribution in [0.1, 0.15) is 17.5 Å². The fourth-order valence-electron chi connectivity index (χ4n) is 3.59. The van der Waals surface area contributed by atoms with Crippen LogP contribution >= 0.6 is 27.5 Å². The van der Waals surface area contributed by atoms with Gasteiger partial charge in [0.05, 0.1) is 5.71 Å². The summed E-state index contributed by atoms with van der Waals surface area (Å²) in [7, 11) is 0. The number of rotatable bonds is 4. The van der Waals surface area contributed by atoms with Crippen molar-refractivity contribution in [1.82, 2.24) is 9.80 Å². The Morgan fingerprint density at radius 1 is 1.21 bits per heavy atom. The first-order chi connectivity index (χ1) is 14.0. The Bertz CT molecular complexity index is 927. The number of amides is 1. The molecule has 2 aromatic carbocycles. The van der Waals surface area contributed by atoms with Gasteiger partial charge in [-0.1, -0.05) is 50.9 Å². The van der Waals surface area contributed by atoms with E-state index in [0.717, 1.165) is 15.7 Å². The maximum atomic E-state index is 14.0. The zero-order chi connectivity index (χ0) is 20.4. The molecule has 1 fully saturated rings. The van der Waals surface area contributed by atoms with E-state index in [1.807, 2.05) is 24.3 Å². The summed E-state index contributed by atoms with van der Waals surface area (Å²) in [6.45, 7) is 2.88. The summed E-state index contributed by atoms with van der Waals surface area (Å²) < 4.78 is 15.0. The van der Waals surface area contributed by atoms with Crippen LogP contribution in [0, 0.1) is 5.82 Å². The van der Waals surface area contributed by atoms with Gasteiger partial charge in [0.15, 0.2) is 0 Å². The standard InChI is InChI=1S/C21H20BrClFN3O2/c22-15-4-1-3-14(11-15)19-12-20(29-25-19)21(28)27-9-7-26(8-10-27)13-16-17(23)5-2-6-18(16)24/h1-6,11,20H,7-10,12-13H2.